The summed E-state index contributed by atoms with van der Waals surface area (Å²) in [4.78, 5) is 0. The molecule has 20 heavy (non-hydrogen) atoms. The van der Waals surface area contributed by atoms with E-state index in [1.807, 2.05) is 16.9 Å². The predicted molar refractivity (Wildman–Crippen MR) is 79.9 cm³/mol. The topological polar surface area (TPSA) is 54.5 Å². The van der Waals surface area contributed by atoms with Gasteiger partial charge in [0.1, 0.15) is 5.69 Å². The molecule has 0 saturated heterocycles. The fraction of sp³-hybridized carbons (Fsp3) is 0.400. The van der Waals surface area contributed by atoms with Gasteiger partial charge in [0, 0.05) is 16.0 Å². The molecule has 4 nitrogen and oxygen atoms in total. The van der Waals surface area contributed by atoms with E-state index in [0.717, 1.165) is 35.0 Å². The third kappa shape index (κ3) is 2.48. The highest BCUT2D eigenvalue weighted by atomic mass is 79.9. The number of rotatable bonds is 2. The Morgan fingerprint density at radius 3 is 2.95 bits per heavy atom. The molecular formula is C15H15BrN4. The Hall–Kier alpha value is -1.67. The highest BCUT2D eigenvalue weighted by molar-refractivity contribution is 9.10. The Labute approximate surface area is 126 Å². The molecule has 0 amide bonds. The number of aryl methyl sites for hydroxylation is 1. The summed E-state index contributed by atoms with van der Waals surface area (Å²) in [6.07, 6.45) is 4.87. The second-order valence-electron chi connectivity index (χ2n) is 5.34. The summed E-state index contributed by atoms with van der Waals surface area (Å²) >= 11 is 3.47. The number of nitrogens with zero attached hydrogens (tertiary/aromatic N) is 4. The van der Waals surface area contributed by atoms with E-state index in [1.165, 1.54) is 5.56 Å². The van der Waals surface area contributed by atoms with Crippen molar-refractivity contribution in [3.8, 4) is 17.3 Å². The smallest absolute Gasteiger partial charge is 0.113 e. The average Bonchev–Trinajstić information content (AvgIpc) is 3.07. The van der Waals surface area contributed by atoms with Gasteiger partial charge < -0.3 is 0 Å². The van der Waals surface area contributed by atoms with Crippen LogP contribution < -0.4 is 0 Å². The number of nitriles is 1. The van der Waals surface area contributed by atoms with Crippen molar-refractivity contribution in [2.24, 2.45) is 5.92 Å². The minimum atomic E-state index is 0.169. The van der Waals surface area contributed by atoms with Crippen LogP contribution in [0.1, 0.15) is 30.9 Å². The van der Waals surface area contributed by atoms with Gasteiger partial charge in [-0.2, -0.15) is 5.26 Å². The highest BCUT2D eigenvalue weighted by Gasteiger charge is 2.26. The summed E-state index contributed by atoms with van der Waals surface area (Å²) in [5, 5.41) is 17.5. The van der Waals surface area contributed by atoms with Crippen molar-refractivity contribution in [3.05, 3.63) is 34.4 Å². The summed E-state index contributed by atoms with van der Waals surface area (Å²) in [7, 11) is 0. The normalized spacial score (nSPS) is 21.9. The summed E-state index contributed by atoms with van der Waals surface area (Å²) in [6.45, 7) is 2.07. The maximum atomic E-state index is 8.98. The van der Waals surface area contributed by atoms with Crippen molar-refractivity contribution in [2.75, 3.05) is 0 Å². The van der Waals surface area contributed by atoms with Crippen LogP contribution in [0, 0.1) is 24.2 Å². The molecule has 1 aromatic heterocycles. The maximum Gasteiger partial charge on any atom is 0.113 e. The number of aromatic nitrogens is 3. The highest BCUT2D eigenvalue weighted by Crippen LogP contribution is 2.34. The lowest BCUT2D eigenvalue weighted by Gasteiger charge is -2.07. The molecule has 3 rings (SSSR count). The molecular weight excluding hydrogens is 316 g/mol. The molecule has 1 saturated carbocycles. The Morgan fingerprint density at radius 1 is 1.40 bits per heavy atom. The molecule has 0 N–H and O–H groups in total. The molecule has 5 heteroatoms. The Morgan fingerprint density at radius 2 is 2.25 bits per heavy atom. The van der Waals surface area contributed by atoms with Gasteiger partial charge in [-0.05, 0) is 43.9 Å². The van der Waals surface area contributed by atoms with E-state index in [0.29, 0.717) is 6.04 Å². The lowest BCUT2D eigenvalue weighted by Crippen LogP contribution is -2.06. The van der Waals surface area contributed by atoms with Gasteiger partial charge in [0.05, 0.1) is 18.3 Å². The van der Waals surface area contributed by atoms with Crippen LogP contribution in [0.2, 0.25) is 0 Å². The average molecular weight is 331 g/mol. The number of hydrogen-bond donors (Lipinski definition) is 0. The van der Waals surface area contributed by atoms with Gasteiger partial charge in [-0.3, -0.25) is 0 Å². The molecule has 0 radical (unpaired) electrons. The quantitative estimate of drug-likeness (QED) is 0.839. The van der Waals surface area contributed by atoms with E-state index in [9.17, 15) is 0 Å². The molecule has 2 aromatic rings. The molecule has 0 spiro atoms. The van der Waals surface area contributed by atoms with Crippen LogP contribution in [0.15, 0.2) is 28.9 Å². The van der Waals surface area contributed by atoms with E-state index in [2.05, 4.69) is 51.4 Å². The first-order valence-corrected chi connectivity index (χ1v) is 7.54. The largest absolute Gasteiger partial charge is 0.249 e. The van der Waals surface area contributed by atoms with Gasteiger partial charge >= 0.3 is 0 Å². The zero-order valence-electron chi connectivity index (χ0n) is 11.3. The standard InChI is InChI=1S/C15H15BrN4/c1-10-6-12(16)3-5-14(10)15-9-20(19-18-15)13-4-2-11(7-13)8-17/h3,5-6,9,11,13H,2,4,7H2,1H3. The van der Waals surface area contributed by atoms with E-state index in [-0.39, 0.29) is 5.92 Å². The van der Waals surface area contributed by atoms with Crippen LogP contribution in [-0.2, 0) is 0 Å². The second-order valence-corrected chi connectivity index (χ2v) is 6.25. The van der Waals surface area contributed by atoms with E-state index < -0.39 is 0 Å². The molecule has 1 aliphatic rings. The SMILES string of the molecule is Cc1cc(Br)ccc1-c1cn(C2CCC(C#N)C2)nn1. The van der Waals surface area contributed by atoms with Crippen molar-refractivity contribution in [3.63, 3.8) is 0 Å². The van der Waals surface area contributed by atoms with Crippen LogP contribution in [0.3, 0.4) is 0 Å². The Balaban J connectivity index is 1.85. The van der Waals surface area contributed by atoms with Crippen molar-refractivity contribution in [1.82, 2.24) is 15.0 Å². The monoisotopic (exact) mass is 330 g/mol. The Bertz CT molecular complexity index is 671. The molecule has 2 atom stereocenters. The minimum Gasteiger partial charge on any atom is -0.249 e. The lowest BCUT2D eigenvalue weighted by molar-refractivity contribution is 0.446. The first kappa shape index (κ1) is 13.3. The molecule has 102 valence electrons. The molecule has 0 bridgehead atoms. The molecule has 2 unspecified atom stereocenters. The van der Waals surface area contributed by atoms with Crippen LogP contribution >= 0.6 is 15.9 Å². The summed E-state index contributed by atoms with van der Waals surface area (Å²) in [5.41, 5.74) is 3.18. The second kappa shape index (κ2) is 5.37. The molecule has 1 fully saturated rings. The maximum absolute atomic E-state index is 8.98. The van der Waals surface area contributed by atoms with Crippen LogP contribution in [0.4, 0.5) is 0 Å². The van der Waals surface area contributed by atoms with E-state index >= 15 is 0 Å². The third-order valence-corrected chi connectivity index (χ3v) is 4.43. The number of benzene rings is 1. The fourth-order valence-corrected chi connectivity index (χ4v) is 3.28. The molecule has 0 aliphatic heterocycles. The Kier molecular flexibility index (Phi) is 3.58. The third-order valence-electron chi connectivity index (χ3n) is 3.94. The van der Waals surface area contributed by atoms with Crippen LogP contribution in [0.25, 0.3) is 11.3 Å². The fourth-order valence-electron chi connectivity index (χ4n) is 2.81. The van der Waals surface area contributed by atoms with E-state index in [4.69, 9.17) is 5.26 Å². The number of hydrogen-bond acceptors (Lipinski definition) is 3. The van der Waals surface area contributed by atoms with E-state index in [1.54, 1.807) is 0 Å². The van der Waals surface area contributed by atoms with Gasteiger partial charge in [-0.1, -0.05) is 27.2 Å². The lowest BCUT2D eigenvalue weighted by atomic mass is 10.1. The zero-order valence-corrected chi connectivity index (χ0v) is 12.8. The molecule has 1 heterocycles. The van der Waals surface area contributed by atoms with Gasteiger partial charge in [0.25, 0.3) is 0 Å². The molecule has 1 aliphatic carbocycles. The van der Waals surface area contributed by atoms with Gasteiger partial charge in [0.15, 0.2) is 0 Å². The summed E-state index contributed by atoms with van der Waals surface area (Å²) in [6, 6.07) is 8.82. The van der Waals surface area contributed by atoms with Crippen molar-refractivity contribution < 1.29 is 0 Å². The first-order chi connectivity index (χ1) is 9.67. The summed E-state index contributed by atoms with van der Waals surface area (Å²) in [5.74, 6) is 0.169. The van der Waals surface area contributed by atoms with Crippen molar-refractivity contribution >= 4 is 15.9 Å². The van der Waals surface area contributed by atoms with Gasteiger partial charge in [-0.15, -0.1) is 5.10 Å². The van der Waals surface area contributed by atoms with Gasteiger partial charge in [0.2, 0.25) is 0 Å². The van der Waals surface area contributed by atoms with Crippen LogP contribution in [0.5, 0.6) is 0 Å². The first-order valence-electron chi connectivity index (χ1n) is 6.75. The van der Waals surface area contributed by atoms with Crippen LogP contribution in [-0.4, -0.2) is 15.0 Å². The number of halogens is 1. The summed E-state index contributed by atoms with van der Waals surface area (Å²) < 4.78 is 2.99. The zero-order chi connectivity index (χ0) is 14.1. The predicted octanol–water partition coefficient (Wildman–Crippen LogP) is 3.88. The minimum absolute atomic E-state index is 0.169. The molecule has 1 aromatic carbocycles. The van der Waals surface area contributed by atoms with Crippen molar-refractivity contribution in [2.45, 2.75) is 32.2 Å². The van der Waals surface area contributed by atoms with Crippen molar-refractivity contribution in [1.29, 1.82) is 5.26 Å². The van der Waals surface area contributed by atoms with Gasteiger partial charge in [-0.25, -0.2) is 4.68 Å².